The number of para-hydroxylation sites is 1. The van der Waals surface area contributed by atoms with Gasteiger partial charge in [0.2, 0.25) is 10.0 Å². The van der Waals surface area contributed by atoms with Crippen molar-refractivity contribution in [1.29, 1.82) is 0 Å². The molecule has 1 aliphatic heterocycles. The fourth-order valence-electron chi connectivity index (χ4n) is 5.15. The molecule has 1 heterocycles. The maximum Gasteiger partial charge on any atom is 0.573 e. The quantitative estimate of drug-likeness (QED) is 0.473. The predicted molar refractivity (Wildman–Crippen MR) is 120 cm³/mol. The van der Waals surface area contributed by atoms with Crippen molar-refractivity contribution in [2.75, 3.05) is 31.9 Å². The Labute approximate surface area is 194 Å². The van der Waals surface area contributed by atoms with Crippen molar-refractivity contribution in [2.24, 2.45) is 0 Å². The molecule has 33 heavy (non-hydrogen) atoms. The highest BCUT2D eigenvalue weighted by Crippen LogP contribution is 2.39. The van der Waals surface area contributed by atoms with Crippen LogP contribution in [0.1, 0.15) is 68.6 Å². The molecule has 1 aromatic rings. The number of halogens is 3. The first-order valence-electron chi connectivity index (χ1n) is 11.7. The number of ketones is 1. The standard InChI is InChI=1S/C23H33F3N2O4S/c1-2-18-33(30,31)28-16-14-27(15-17-28)22(11-6-3-7-12-22)13-10-20(29)19-8-4-5-9-21(19)32-23(24,25)26/h4-5,8-9H,2-3,6-7,10-18H2,1H3. The first-order chi connectivity index (χ1) is 15.6. The largest absolute Gasteiger partial charge is 0.573 e. The summed E-state index contributed by atoms with van der Waals surface area (Å²) < 4.78 is 68.7. The van der Waals surface area contributed by atoms with Crippen LogP contribution < -0.4 is 4.74 Å². The van der Waals surface area contributed by atoms with Gasteiger partial charge in [-0.3, -0.25) is 9.69 Å². The zero-order valence-electron chi connectivity index (χ0n) is 19.1. The van der Waals surface area contributed by atoms with Crippen molar-refractivity contribution in [3.05, 3.63) is 29.8 Å². The number of carbonyl (C=O) groups excluding carboxylic acids is 1. The zero-order chi connectivity index (χ0) is 24.1. The summed E-state index contributed by atoms with van der Waals surface area (Å²) in [4.78, 5) is 15.2. The van der Waals surface area contributed by atoms with E-state index in [-0.39, 0.29) is 29.1 Å². The lowest BCUT2D eigenvalue weighted by molar-refractivity contribution is -0.274. The van der Waals surface area contributed by atoms with Crippen molar-refractivity contribution < 1.29 is 31.1 Å². The highest BCUT2D eigenvalue weighted by Gasteiger charge is 2.41. The fourth-order valence-corrected chi connectivity index (χ4v) is 6.65. The van der Waals surface area contributed by atoms with Crippen LogP contribution in [0, 0.1) is 0 Å². The van der Waals surface area contributed by atoms with E-state index in [0.717, 1.165) is 38.2 Å². The molecule has 186 valence electrons. The first-order valence-corrected chi connectivity index (χ1v) is 13.3. The molecule has 6 nitrogen and oxygen atoms in total. The number of nitrogens with zero attached hydrogens (tertiary/aromatic N) is 2. The second-order valence-corrected chi connectivity index (χ2v) is 11.0. The maximum absolute atomic E-state index is 12.9. The van der Waals surface area contributed by atoms with Gasteiger partial charge in [-0.1, -0.05) is 38.3 Å². The summed E-state index contributed by atoms with van der Waals surface area (Å²) >= 11 is 0. The Morgan fingerprint density at radius 2 is 1.70 bits per heavy atom. The number of rotatable bonds is 9. The van der Waals surface area contributed by atoms with Crippen LogP contribution in [0.25, 0.3) is 0 Å². The zero-order valence-corrected chi connectivity index (χ0v) is 19.9. The molecule has 10 heteroatoms. The van der Waals surface area contributed by atoms with Crippen molar-refractivity contribution >= 4 is 15.8 Å². The molecule has 0 N–H and O–H groups in total. The van der Waals surface area contributed by atoms with E-state index < -0.39 is 22.1 Å². The highest BCUT2D eigenvalue weighted by molar-refractivity contribution is 7.89. The number of hydrogen-bond acceptors (Lipinski definition) is 5. The second-order valence-electron chi connectivity index (χ2n) is 8.95. The Balaban J connectivity index is 1.69. The molecule has 0 unspecified atom stereocenters. The first kappa shape index (κ1) is 26.0. The van der Waals surface area contributed by atoms with Gasteiger partial charge in [0.25, 0.3) is 0 Å². The summed E-state index contributed by atoms with van der Waals surface area (Å²) in [6, 6.07) is 5.47. The molecule has 3 rings (SSSR count). The lowest BCUT2D eigenvalue weighted by Gasteiger charge is -2.50. The van der Waals surface area contributed by atoms with Crippen LogP contribution in [-0.2, 0) is 10.0 Å². The van der Waals surface area contributed by atoms with Gasteiger partial charge in [-0.2, -0.15) is 4.31 Å². The normalized spacial score (nSPS) is 20.5. The number of Topliss-reactive ketones (excluding diaryl/α,β-unsaturated/α-hetero) is 1. The van der Waals surface area contributed by atoms with Gasteiger partial charge in [0.05, 0.1) is 11.3 Å². The van der Waals surface area contributed by atoms with Crippen molar-refractivity contribution in [3.8, 4) is 5.75 Å². The van der Waals surface area contributed by atoms with E-state index >= 15 is 0 Å². The third-order valence-electron chi connectivity index (χ3n) is 6.78. The smallest absolute Gasteiger partial charge is 0.405 e. The van der Waals surface area contributed by atoms with Crippen molar-refractivity contribution in [2.45, 2.75) is 70.2 Å². The van der Waals surface area contributed by atoms with Gasteiger partial charge in [0.1, 0.15) is 5.75 Å². The minimum absolute atomic E-state index is 0.0590. The van der Waals surface area contributed by atoms with Crippen LogP contribution in [0.3, 0.4) is 0 Å². The molecule has 0 amide bonds. The summed E-state index contributed by atoms with van der Waals surface area (Å²) in [5, 5.41) is 0. The monoisotopic (exact) mass is 490 g/mol. The molecule has 0 atom stereocenters. The summed E-state index contributed by atoms with van der Waals surface area (Å²) in [6.45, 7) is 3.91. The predicted octanol–water partition coefficient (Wildman–Crippen LogP) is 4.61. The van der Waals surface area contributed by atoms with Crippen LogP contribution in [0.5, 0.6) is 5.75 Å². The number of sulfonamides is 1. The van der Waals surface area contributed by atoms with Gasteiger partial charge in [-0.25, -0.2) is 8.42 Å². The van der Waals surface area contributed by atoms with E-state index in [4.69, 9.17) is 0 Å². The summed E-state index contributed by atoms with van der Waals surface area (Å²) in [6.07, 6.45) is 1.34. The third-order valence-corrected chi connectivity index (χ3v) is 8.86. The third kappa shape index (κ3) is 6.70. The summed E-state index contributed by atoms with van der Waals surface area (Å²) in [5.74, 6) is -0.696. The van der Waals surface area contributed by atoms with Crippen molar-refractivity contribution in [3.63, 3.8) is 0 Å². The molecule has 2 aliphatic rings. The van der Waals surface area contributed by atoms with Crippen LogP contribution in [0.4, 0.5) is 13.2 Å². The van der Waals surface area contributed by atoms with Crippen LogP contribution in [-0.4, -0.2) is 67.2 Å². The van der Waals surface area contributed by atoms with Gasteiger partial charge < -0.3 is 4.74 Å². The van der Waals surface area contributed by atoms with Gasteiger partial charge in [-0.15, -0.1) is 13.2 Å². The Morgan fingerprint density at radius 3 is 2.30 bits per heavy atom. The SMILES string of the molecule is CCCS(=O)(=O)N1CCN(C2(CCC(=O)c3ccccc3OC(F)(F)F)CCCCC2)CC1. The molecule has 2 fully saturated rings. The Morgan fingerprint density at radius 1 is 1.06 bits per heavy atom. The molecule has 0 aromatic heterocycles. The van der Waals surface area contributed by atoms with E-state index in [1.165, 1.54) is 18.2 Å². The van der Waals surface area contributed by atoms with E-state index in [0.29, 0.717) is 39.0 Å². The molecule has 0 radical (unpaired) electrons. The molecular formula is C23H33F3N2O4S. The van der Waals surface area contributed by atoms with Crippen molar-refractivity contribution in [1.82, 2.24) is 9.21 Å². The maximum atomic E-state index is 12.9. The Bertz CT molecular complexity index is 907. The fraction of sp³-hybridized carbons (Fsp3) is 0.696. The van der Waals surface area contributed by atoms with E-state index in [1.807, 2.05) is 6.92 Å². The lowest BCUT2D eigenvalue weighted by atomic mass is 9.76. The Kier molecular flexibility index (Phi) is 8.45. The molecule has 0 bridgehead atoms. The molecule has 1 saturated carbocycles. The average Bonchev–Trinajstić information content (AvgIpc) is 2.77. The number of ether oxygens (including phenoxy) is 1. The van der Waals surface area contributed by atoms with E-state index in [2.05, 4.69) is 9.64 Å². The molecule has 1 aromatic carbocycles. The molecule has 1 saturated heterocycles. The van der Waals surface area contributed by atoms with E-state index in [9.17, 15) is 26.4 Å². The second kappa shape index (κ2) is 10.7. The summed E-state index contributed by atoms with van der Waals surface area (Å²) in [7, 11) is -3.24. The van der Waals surface area contributed by atoms with Gasteiger partial charge in [0, 0.05) is 38.1 Å². The number of benzene rings is 1. The highest BCUT2D eigenvalue weighted by atomic mass is 32.2. The average molecular weight is 491 g/mol. The topological polar surface area (TPSA) is 66.9 Å². The lowest BCUT2D eigenvalue weighted by Crippen LogP contribution is -2.58. The molecule has 1 aliphatic carbocycles. The van der Waals surface area contributed by atoms with Crippen LogP contribution in [0.15, 0.2) is 24.3 Å². The number of carbonyl (C=O) groups is 1. The molecule has 0 spiro atoms. The Hall–Kier alpha value is -1.65. The van der Waals surface area contributed by atoms with Gasteiger partial charge >= 0.3 is 6.36 Å². The number of piperazine rings is 1. The number of hydrogen-bond donors (Lipinski definition) is 0. The van der Waals surface area contributed by atoms with Gasteiger partial charge in [-0.05, 0) is 37.8 Å². The van der Waals surface area contributed by atoms with Gasteiger partial charge in [0.15, 0.2) is 5.78 Å². The minimum Gasteiger partial charge on any atom is -0.405 e. The van der Waals surface area contributed by atoms with Crippen LogP contribution in [0.2, 0.25) is 0 Å². The van der Waals surface area contributed by atoms with Crippen LogP contribution >= 0.6 is 0 Å². The number of alkyl halides is 3. The molecular weight excluding hydrogens is 457 g/mol. The van der Waals surface area contributed by atoms with E-state index in [1.54, 1.807) is 4.31 Å². The minimum atomic E-state index is -4.86. The summed E-state index contributed by atoms with van der Waals surface area (Å²) in [5.41, 5.74) is -0.287.